The summed E-state index contributed by atoms with van der Waals surface area (Å²) >= 11 is 5.77. The Hall–Kier alpha value is -1.81. The van der Waals surface area contributed by atoms with Crippen LogP contribution in [-0.4, -0.2) is 25.0 Å². The first-order valence-electron chi connectivity index (χ1n) is 6.49. The summed E-state index contributed by atoms with van der Waals surface area (Å²) in [4.78, 5) is 22.6. The molecule has 0 aromatic heterocycles. The highest BCUT2D eigenvalue weighted by Gasteiger charge is 2.01. The van der Waals surface area contributed by atoms with Crippen molar-refractivity contribution in [2.75, 3.05) is 13.2 Å². The molecule has 0 spiro atoms. The minimum atomic E-state index is -0.238. The SMILES string of the molecule is CCOC(=O)CCCNC(=O)/C=C/c1ccc(Cl)cc1. The number of halogens is 1. The fourth-order valence-electron chi connectivity index (χ4n) is 1.48. The van der Waals surface area contributed by atoms with E-state index in [2.05, 4.69) is 5.32 Å². The first-order valence-corrected chi connectivity index (χ1v) is 6.86. The summed E-state index contributed by atoms with van der Waals surface area (Å²) in [5.41, 5.74) is 0.899. The van der Waals surface area contributed by atoms with E-state index in [1.54, 1.807) is 25.1 Å². The Morgan fingerprint density at radius 3 is 2.65 bits per heavy atom. The summed E-state index contributed by atoms with van der Waals surface area (Å²) in [5.74, 6) is -0.428. The van der Waals surface area contributed by atoms with Gasteiger partial charge in [-0.25, -0.2) is 0 Å². The molecular formula is C15H18ClNO3. The molecule has 1 amide bonds. The van der Waals surface area contributed by atoms with Crippen LogP contribution in [0.15, 0.2) is 30.3 Å². The number of hydrogen-bond donors (Lipinski definition) is 1. The Morgan fingerprint density at radius 2 is 2.00 bits per heavy atom. The van der Waals surface area contributed by atoms with Crippen molar-refractivity contribution in [3.8, 4) is 0 Å². The van der Waals surface area contributed by atoms with Gasteiger partial charge in [0, 0.05) is 24.1 Å². The van der Waals surface area contributed by atoms with E-state index in [4.69, 9.17) is 16.3 Å². The maximum absolute atomic E-state index is 11.5. The molecule has 1 N–H and O–H groups in total. The van der Waals surface area contributed by atoms with E-state index in [0.717, 1.165) is 5.56 Å². The van der Waals surface area contributed by atoms with Crippen molar-refractivity contribution in [3.05, 3.63) is 40.9 Å². The highest BCUT2D eigenvalue weighted by molar-refractivity contribution is 6.30. The fraction of sp³-hybridized carbons (Fsp3) is 0.333. The monoisotopic (exact) mass is 295 g/mol. The quantitative estimate of drug-likeness (QED) is 0.478. The number of carbonyl (C=O) groups excluding carboxylic acids is 2. The Bertz CT molecular complexity index is 469. The van der Waals surface area contributed by atoms with Gasteiger partial charge in [-0.3, -0.25) is 9.59 Å². The summed E-state index contributed by atoms with van der Waals surface area (Å²) in [7, 11) is 0. The second kappa shape index (κ2) is 9.15. The minimum absolute atomic E-state index is 0.191. The van der Waals surface area contributed by atoms with E-state index in [0.29, 0.717) is 31.0 Å². The first-order chi connectivity index (χ1) is 9.61. The third-order valence-corrected chi connectivity index (χ3v) is 2.71. The predicted molar refractivity (Wildman–Crippen MR) is 79.4 cm³/mol. The lowest BCUT2D eigenvalue weighted by Gasteiger charge is -2.02. The Morgan fingerprint density at radius 1 is 1.30 bits per heavy atom. The molecule has 1 rings (SSSR count). The van der Waals surface area contributed by atoms with E-state index in [9.17, 15) is 9.59 Å². The summed E-state index contributed by atoms with van der Waals surface area (Å²) in [6.45, 7) is 2.60. The van der Waals surface area contributed by atoms with Crippen LogP contribution in [-0.2, 0) is 14.3 Å². The molecule has 0 heterocycles. The number of esters is 1. The van der Waals surface area contributed by atoms with Gasteiger partial charge in [0.2, 0.25) is 5.91 Å². The van der Waals surface area contributed by atoms with Gasteiger partial charge in [-0.2, -0.15) is 0 Å². The van der Waals surface area contributed by atoms with Gasteiger partial charge < -0.3 is 10.1 Å². The van der Waals surface area contributed by atoms with Crippen molar-refractivity contribution < 1.29 is 14.3 Å². The molecule has 0 fully saturated rings. The smallest absolute Gasteiger partial charge is 0.305 e. The zero-order valence-corrected chi connectivity index (χ0v) is 12.2. The van der Waals surface area contributed by atoms with E-state index >= 15 is 0 Å². The number of ether oxygens (including phenoxy) is 1. The average molecular weight is 296 g/mol. The van der Waals surface area contributed by atoms with E-state index in [1.165, 1.54) is 6.08 Å². The first kappa shape index (κ1) is 16.2. The van der Waals surface area contributed by atoms with Crippen LogP contribution in [0.5, 0.6) is 0 Å². The van der Waals surface area contributed by atoms with Crippen LogP contribution >= 0.6 is 11.6 Å². The maximum atomic E-state index is 11.5. The van der Waals surface area contributed by atoms with Crippen molar-refractivity contribution in [2.24, 2.45) is 0 Å². The largest absolute Gasteiger partial charge is 0.466 e. The normalized spacial score (nSPS) is 10.5. The fourth-order valence-corrected chi connectivity index (χ4v) is 1.61. The summed E-state index contributed by atoms with van der Waals surface area (Å²) < 4.78 is 4.79. The van der Waals surface area contributed by atoms with Gasteiger partial charge >= 0.3 is 5.97 Å². The summed E-state index contributed by atoms with van der Waals surface area (Å²) in [6, 6.07) is 7.18. The molecule has 5 heteroatoms. The molecule has 108 valence electrons. The lowest BCUT2D eigenvalue weighted by Crippen LogP contribution is -2.22. The highest BCUT2D eigenvalue weighted by Crippen LogP contribution is 2.10. The van der Waals surface area contributed by atoms with Crippen LogP contribution in [0.3, 0.4) is 0 Å². The van der Waals surface area contributed by atoms with Gasteiger partial charge in [0.15, 0.2) is 0 Å². The van der Waals surface area contributed by atoms with Crippen molar-refractivity contribution in [1.82, 2.24) is 5.32 Å². The Balaban J connectivity index is 2.23. The van der Waals surface area contributed by atoms with E-state index in [-0.39, 0.29) is 11.9 Å². The van der Waals surface area contributed by atoms with Gasteiger partial charge in [0.25, 0.3) is 0 Å². The standard InChI is InChI=1S/C15H18ClNO3/c1-2-20-15(19)4-3-11-17-14(18)10-7-12-5-8-13(16)9-6-12/h5-10H,2-4,11H2,1H3,(H,17,18)/b10-7+. The zero-order chi connectivity index (χ0) is 14.8. The molecule has 1 aromatic rings. The Kier molecular flexibility index (Phi) is 7.43. The number of hydrogen-bond acceptors (Lipinski definition) is 3. The predicted octanol–water partition coefficient (Wildman–Crippen LogP) is 2.81. The third kappa shape index (κ3) is 6.95. The van der Waals surface area contributed by atoms with Crippen LogP contribution in [0, 0.1) is 0 Å². The molecule has 20 heavy (non-hydrogen) atoms. The maximum Gasteiger partial charge on any atom is 0.305 e. The number of nitrogens with one attached hydrogen (secondary N) is 1. The summed E-state index contributed by atoms with van der Waals surface area (Å²) in [6.07, 6.45) is 4.04. The number of benzene rings is 1. The molecule has 0 aliphatic heterocycles. The number of amides is 1. The second-order valence-corrected chi connectivity index (χ2v) is 4.52. The lowest BCUT2D eigenvalue weighted by molar-refractivity contribution is -0.143. The van der Waals surface area contributed by atoms with Gasteiger partial charge in [0.1, 0.15) is 0 Å². The molecule has 0 atom stereocenters. The van der Waals surface area contributed by atoms with Crippen molar-refractivity contribution >= 4 is 29.6 Å². The van der Waals surface area contributed by atoms with Crippen molar-refractivity contribution in [2.45, 2.75) is 19.8 Å². The van der Waals surface area contributed by atoms with Crippen LogP contribution in [0.1, 0.15) is 25.3 Å². The number of rotatable bonds is 7. The molecule has 0 unspecified atom stereocenters. The van der Waals surface area contributed by atoms with Crippen LogP contribution in [0.2, 0.25) is 5.02 Å². The van der Waals surface area contributed by atoms with Gasteiger partial charge in [-0.05, 0) is 37.1 Å². The highest BCUT2D eigenvalue weighted by atomic mass is 35.5. The molecule has 0 aliphatic carbocycles. The summed E-state index contributed by atoms with van der Waals surface area (Å²) in [5, 5.41) is 3.36. The minimum Gasteiger partial charge on any atom is -0.466 e. The molecule has 1 aromatic carbocycles. The molecule has 0 aliphatic rings. The Labute approximate surface area is 123 Å². The van der Waals surface area contributed by atoms with Crippen LogP contribution in [0.25, 0.3) is 6.08 Å². The van der Waals surface area contributed by atoms with Crippen LogP contribution < -0.4 is 5.32 Å². The van der Waals surface area contributed by atoms with Gasteiger partial charge in [-0.1, -0.05) is 23.7 Å². The van der Waals surface area contributed by atoms with Gasteiger partial charge in [0.05, 0.1) is 6.61 Å². The molecule has 0 bridgehead atoms. The second-order valence-electron chi connectivity index (χ2n) is 4.08. The number of carbonyl (C=O) groups is 2. The van der Waals surface area contributed by atoms with Crippen molar-refractivity contribution in [3.63, 3.8) is 0 Å². The zero-order valence-electron chi connectivity index (χ0n) is 11.4. The molecule has 0 saturated carbocycles. The third-order valence-electron chi connectivity index (χ3n) is 2.46. The van der Waals surface area contributed by atoms with E-state index < -0.39 is 0 Å². The topological polar surface area (TPSA) is 55.4 Å². The average Bonchev–Trinajstić information content (AvgIpc) is 2.43. The molecule has 4 nitrogen and oxygen atoms in total. The van der Waals surface area contributed by atoms with Crippen molar-refractivity contribution in [1.29, 1.82) is 0 Å². The van der Waals surface area contributed by atoms with Gasteiger partial charge in [-0.15, -0.1) is 0 Å². The van der Waals surface area contributed by atoms with Crippen LogP contribution in [0.4, 0.5) is 0 Å². The van der Waals surface area contributed by atoms with E-state index in [1.807, 2.05) is 12.1 Å². The molecule has 0 saturated heterocycles. The lowest BCUT2D eigenvalue weighted by atomic mass is 10.2. The molecular weight excluding hydrogens is 278 g/mol. The molecule has 0 radical (unpaired) electrons.